The Morgan fingerprint density at radius 1 is 1.23 bits per heavy atom. The number of nitrogens with zero attached hydrogens (tertiary/aromatic N) is 2. The van der Waals surface area contributed by atoms with E-state index < -0.39 is 17.1 Å². The van der Waals surface area contributed by atoms with Crippen LogP contribution in [0, 0.1) is 0 Å². The van der Waals surface area contributed by atoms with E-state index in [1.165, 1.54) is 16.8 Å². The summed E-state index contributed by atoms with van der Waals surface area (Å²) in [6.45, 7) is 1.84. The van der Waals surface area contributed by atoms with Gasteiger partial charge in [0.25, 0.3) is 5.03 Å². The molecule has 0 spiro atoms. The van der Waals surface area contributed by atoms with Gasteiger partial charge in [-0.1, -0.05) is 6.92 Å². The number of nitrogens with one attached hydrogen (secondary N) is 1. The monoisotopic (exact) mass is 428 g/mol. The van der Waals surface area contributed by atoms with E-state index in [9.17, 15) is 14.7 Å². The lowest BCUT2D eigenvalue weighted by Gasteiger charge is -2.13. The molecule has 10 heteroatoms. The minimum atomic E-state index is -0.632. The second-order valence-corrected chi connectivity index (χ2v) is 7.41. The number of aromatic nitrogens is 2. The van der Waals surface area contributed by atoms with Gasteiger partial charge in [0.1, 0.15) is 5.75 Å². The number of nitrogens with two attached hydrogens (primary N) is 1. The highest BCUT2D eigenvalue weighted by molar-refractivity contribution is 8.00. The minimum absolute atomic E-state index is 0.186. The van der Waals surface area contributed by atoms with Gasteiger partial charge < -0.3 is 25.4 Å². The Balaban J connectivity index is 1.77. The van der Waals surface area contributed by atoms with E-state index >= 15 is 0 Å². The van der Waals surface area contributed by atoms with Gasteiger partial charge in [-0.15, -0.1) is 0 Å². The number of primary amides is 1. The van der Waals surface area contributed by atoms with Crippen molar-refractivity contribution in [3.8, 4) is 17.4 Å². The molecule has 2 amide bonds. The highest BCUT2D eigenvalue weighted by Crippen LogP contribution is 2.30. The molecule has 0 aliphatic heterocycles. The summed E-state index contributed by atoms with van der Waals surface area (Å²) in [7, 11) is 1.56. The third kappa shape index (κ3) is 4.71. The zero-order valence-electron chi connectivity index (χ0n) is 16.3. The number of ether oxygens (including phenoxy) is 1. The van der Waals surface area contributed by atoms with Crippen molar-refractivity contribution in [3.63, 3.8) is 0 Å². The number of benzene rings is 2. The number of methoxy groups -OCH3 is 1. The fraction of sp³-hybridized carbons (Fsp3) is 0.200. The summed E-state index contributed by atoms with van der Waals surface area (Å²) in [6.07, 6.45) is 0.461. The van der Waals surface area contributed by atoms with Crippen LogP contribution in [0.1, 0.15) is 23.7 Å². The Morgan fingerprint density at radius 3 is 2.47 bits per heavy atom. The number of carbonyl (C=O) groups excluding carboxylic acids is 2. The van der Waals surface area contributed by atoms with Gasteiger partial charge in [0.15, 0.2) is 5.95 Å². The quantitative estimate of drug-likeness (QED) is 0.411. The molecule has 1 atom stereocenters. The van der Waals surface area contributed by atoms with Crippen molar-refractivity contribution in [3.05, 3.63) is 54.1 Å². The van der Waals surface area contributed by atoms with Gasteiger partial charge in [-0.2, -0.15) is 0 Å². The first-order valence-electron chi connectivity index (χ1n) is 9.03. The Morgan fingerprint density at radius 2 is 1.90 bits per heavy atom. The average Bonchev–Trinajstić information content (AvgIpc) is 3.12. The van der Waals surface area contributed by atoms with Gasteiger partial charge in [-0.05, 0) is 59.3 Å². The van der Waals surface area contributed by atoms with Gasteiger partial charge in [0, 0.05) is 23.4 Å². The molecule has 3 N–H and O–H groups in total. The van der Waals surface area contributed by atoms with E-state index in [-0.39, 0.29) is 10.9 Å². The number of amides is 2. The van der Waals surface area contributed by atoms with Crippen LogP contribution in [0.4, 0.5) is 5.69 Å². The maximum Gasteiger partial charge on any atom is 0.298 e. The summed E-state index contributed by atoms with van der Waals surface area (Å²) in [4.78, 5) is 23.9. The fourth-order valence-corrected chi connectivity index (χ4v) is 3.60. The second kappa shape index (κ2) is 9.31. The van der Waals surface area contributed by atoms with Crippen molar-refractivity contribution in [2.24, 2.45) is 5.73 Å². The smallest absolute Gasteiger partial charge is 0.298 e. The van der Waals surface area contributed by atoms with Crippen LogP contribution in [0.3, 0.4) is 0 Å². The van der Waals surface area contributed by atoms with Gasteiger partial charge in [0.2, 0.25) is 17.5 Å². The maximum absolute atomic E-state index is 12.7. The van der Waals surface area contributed by atoms with Crippen molar-refractivity contribution in [1.82, 2.24) is 5.27 Å². The third-order valence-electron chi connectivity index (χ3n) is 4.24. The number of anilines is 1. The molecule has 1 unspecified atom stereocenters. The molecular weight excluding hydrogens is 408 g/mol. The number of hydrogen-bond donors (Lipinski definition) is 2. The maximum atomic E-state index is 12.7. The molecule has 0 bridgehead atoms. The molecule has 156 valence electrons. The second-order valence-electron chi connectivity index (χ2n) is 6.22. The molecule has 0 saturated carbocycles. The Bertz CT molecular complexity index is 1030. The highest BCUT2D eigenvalue weighted by atomic mass is 32.2. The summed E-state index contributed by atoms with van der Waals surface area (Å²) >= 11 is 1.07. The third-order valence-corrected chi connectivity index (χ3v) is 5.64. The summed E-state index contributed by atoms with van der Waals surface area (Å²) in [6, 6.07) is 13.2. The van der Waals surface area contributed by atoms with E-state index in [0.29, 0.717) is 29.1 Å². The van der Waals surface area contributed by atoms with Gasteiger partial charge in [-0.3, -0.25) is 9.59 Å². The lowest BCUT2D eigenvalue weighted by Crippen LogP contribution is -2.36. The normalized spacial score (nSPS) is 11.7. The SMILES string of the molecule is CCC(Sc1c([O-])on[n+]1-c1ccc(OC)cc1)C(=O)Nc1ccc(C(N)=O)cc1. The van der Waals surface area contributed by atoms with Crippen molar-refractivity contribution < 1.29 is 28.6 Å². The van der Waals surface area contributed by atoms with Gasteiger partial charge >= 0.3 is 0 Å². The molecule has 0 aliphatic rings. The zero-order valence-corrected chi connectivity index (χ0v) is 17.1. The predicted molar refractivity (Wildman–Crippen MR) is 108 cm³/mol. The fourth-order valence-electron chi connectivity index (χ4n) is 2.62. The first kappa shape index (κ1) is 21.2. The van der Waals surface area contributed by atoms with Crippen LogP contribution < -0.4 is 25.6 Å². The van der Waals surface area contributed by atoms with Crippen molar-refractivity contribution in [1.29, 1.82) is 0 Å². The van der Waals surface area contributed by atoms with Crippen LogP contribution >= 0.6 is 11.8 Å². The Kier molecular flexibility index (Phi) is 6.58. The minimum Gasteiger partial charge on any atom is -0.538 e. The van der Waals surface area contributed by atoms with Gasteiger partial charge in [-0.25, -0.2) is 0 Å². The average molecular weight is 428 g/mol. The van der Waals surface area contributed by atoms with Crippen molar-refractivity contribution >= 4 is 29.3 Å². The van der Waals surface area contributed by atoms with Crippen LogP contribution in [-0.2, 0) is 4.79 Å². The van der Waals surface area contributed by atoms with Crippen LogP contribution in [0.5, 0.6) is 11.7 Å². The predicted octanol–water partition coefficient (Wildman–Crippen LogP) is 1.64. The molecule has 0 aliphatic carbocycles. The summed E-state index contributed by atoms with van der Waals surface area (Å²) in [5.41, 5.74) is 6.67. The molecule has 0 saturated heterocycles. The number of carbonyl (C=O) groups is 2. The first-order valence-corrected chi connectivity index (χ1v) is 9.91. The molecule has 3 aromatic rings. The molecule has 1 aromatic heterocycles. The topological polar surface area (TPSA) is 134 Å². The van der Waals surface area contributed by atoms with E-state index in [1.807, 2.05) is 6.92 Å². The van der Waals surface area contributed by atoms with Gasteiger partial charge in [0.05, 0.1) is 17.6 Å². The summed E-state index contributed by atoms with van der Waals surface area (Å²) in [5.74, 6) is -0.815. The van der Waals surface area contributed by atoms with Crippen molar-refractivity contribution in [2.75, 3.05) is 12.4 Å². The highest BCUT2D eigenvalue weighted by Gasteiger charge is 2.28. The van der Waals surface area contributed by atoms with E-state index in [4.69, 9.17) is 15.0 Å². The summed E-state index contributed by atoms with van der Waals surface area (Å²) < 4.78 is 11.3. The number of thioether (sulfide) groups is 1. The largest absolute Gasteiger partial charge is 0.538 e. The summed E-state index contributed by atoms with van der Waals surface area (Å²) in [5, 5.41) is 18.4. The molecule has 30 heavy (non-hydrogen) atoms. The van der Waals surface area contributed by atoms with Crippen LogP contribution in [0.15, 0.2) is 58.1 Å². The van der Waals surface area contributed by atoms with E-state index in [2.05, 4.69) is 10.6 Å². The molecule has 2 aromatic carbocycles. The Labute approximate surface area is 176 Å². The number of hydrogen-bond acceptors (Lipinski definition) is 7. The molecular formula is C20H20N4O5S. The van der Waals surface area contributed by atoms with E-state index in [0.717, 1.165) is 11.8 Å². The number of rotatable bonds is 8. The van der Waals surface area contributed by atoms with Crippen molar-refractivity contribution in [2.45, 2.75) is 23.6 Å². The molecule has 9 nitrogen and oxygen atoms in total. The van der Waals surface area contributed by atoms with E-state index in [1.54, 1.807) is 43.5 Å². The molecule has 1 heterocycles. The van der Waals surface area contributed by atoms with Crippen LogP contribution in [0.25, 0.3) is 5.69 Å². The zero-order chi connectivity index (χ0) is 21.7. The first-order chi connectivity index (χ1) is 14.4. The van der Waals surface area contributed by atoms with Crippen LogP contribution in [0.2, 0.25) is 0 Å². The lowest BCUT2D eigenvalue weighted by molar-refractivity contribution is -0.705. The van der Waals surface area contributed by atoms with Crippen LogP contribution in [-0.4, -0.2) is 29.4 Å². The molecule has 0 radical (unpaired) electrons. The molecule has 0 fully saturated rings. The lowest BCUT2D eigenvalue weighted by atomic mass is 10.2. The molecule has 3 rings (SSSR count). The standard InChI is InChI=1S/C20H20N4O5S/c1-3-16(18(26)22-13-6-4-12(5-7-13)17(21)25)30-19-20(27)29-23-24(19)14-8-10-15(28-2)11-9-14/h4-11,16H,3H2,1-2H3,(H3-,21,22,23,25,26,27). The Hall–Kier alpha value is -3.53.